The van der Waals surface area contributed by atoms with Crippen LogP contribution in [0, 0.1) is 0 Å². The SMILES string of the molecule is CCCCCCCC/C=C\CCCCCCCC(=O)C(OP(=O)(O)OC(CC)C[N+](C)(C)C)(C(=O)CCCCCCC/C=C\CCCCCCCC)[C@@H](O)CO. The zero-order valence-corrected chi connectivity index (χ0v) is 38.1. The van der Waals surface area contributed by atoms with Crippen molar-refractivity contribution in [3.05, 3.63) is 24.3 Å². The Kier molecular flexibility index (Phi) is 33.9. The fourth-order valence-corrected chi connectivity index (χ4v) is 8.47. The van der Waals surface area contributed by atoms with Gasteiger partial charge in [0.15, 0.2) is 11.6 Å². The number of phosphoric ester groups is 1. The number of unbranched alkanes of at least 4 members (excludes halogenated alkanes) is 22. The molecule has 0 saturated heterocycles. The number of phosphoric acid groups is 1. The quantitative estimate of drug-likeness (QED) is 0.0183. The van der Waals surface area contributed by atoms with Crippen LogP contribution in [0.5, 0.6) is 0 Å². The second-order valence-corrected chi connectivity index (χ2v) is 18.4. The number of carbonyl (C=O) groups excluding carboxylic acids is 2. The first-order chi connectivity index (χ1) is 26.8. The molecule has 3 atom stereocenters. The third kappa shape index (κ3) is 28.3. The number of hydrogen-bond acceptors (Lipinski definition) is 7. The molecule has 0 aliphatic carbocycles. The highest BCUT2D eigenvalue weighted by Crippen LogP contribution is 2.51. The highest BCUT2D eigenvalue weighted by molar-refractivity contribution is 7.47. The van der Waals surface area contributed by atoms with E-state index in [0.717, 1.165) is 77.0 Å². The van der Waals surface area contributed by atoms with Crippen LogP contribution in [0.15, 0.2) is 24.3 Å². The molecule has 330 valence electrons. The molecule has 0 aromatic heterocycles. The average molecular weight is 815 g/mol. The monoisotopic (exact) mass is 815 g/mol. The zero-order chi connectivity index (χ0) is 42.0. The van der Waals surface area contributed by atoms with Crippen molar-refractivity contribution in [2.75, 3.05) is 34.3 Å². The van der Waals surface area contributed by atoms with E-state index in [4.69, 9.17) is 9.05 Å². The molecular weight excluding hydrogens is 725 g/mol. The molecule has 0 aliphatic heterocycles. The first-order valence-corrected chi connectivity index (χ1v) is 24.5. The maximum atomic E-state index is 13.9. The van der Waals surface area contributed by atoms with Gasteiger partial charge in [0.2, 0.25) is 5.60 Å². The Morgan fingerprint density at radius 3 is 1.27 bits per heavy atom. The van der Waals surface area contributed by atoms with Crippen molar-refractivity contribution in [1.82, 2.24) is 0 Å². The second-order valence-electron chi connectivity index (χ2n) is 17.1. The number of hydrogen-bond donors (Lipinski definition) is 3. The van der Waals surface area contributed by atoms with Gasteiger partial charge in [0, 0.05) is 12.8 Å². The lowest BCUT2D eigenvalue weighted by atomic mass is 9.82. The second kappa shape index (κ2) is 34.7. The number of nitrogens with zero attached hydrogens (tertiary/aromatic N) is 1. The molecule has 0 aromatic carbocycles. The van der Waals surface area contributed by atoms with Crippen LogP contribution in [-0.2, 0) is 23.2 Å². The molecule has 0 aromatic rings. The van der Waals surface area contributed by atoms with Crippen molar-refractivity contribution in [2.45, 2.75) is 225 Å². The Morgan fingerprint density at radius 1 is 0.607 bits per heavy atom. The molecule has 56 heavy (non-hydrogen) atoms. The first-order valence-electron chi connectivity index (χ1n) is 23.0. The summed E-state index contributed by atoms with van der Waals surface area (Å²) < 4.78 is 25.1. The van der Waals surface area contributed by atoms with Crippen molar-refractivity contribution in [2.24, 2.45) is 0 Å². The number of aliphatic hydroxyl groups excluding tert-OH is 2. The molecule has 0 aliphatic rings. The Labute approximate surface area is 344 Å². The summed E-state index contributed by atoms with van der Waals surface area (Å²) in [4.78, 5) is 38.9. The number of carbonyl (C=O) groups is 2. The molecule has 0 fully saturated rings. The average Bonchev–Trinajstić information content (AvgIpc) is 3.15. The maximum Gasteiger partial charge on any atom is 0.474 e. The van der Waals surface area contributed by atoms with Crippen molar-refractivity contribution in [1.29, 1.82) is 0 Å². The van der Waals surface area contributed by atoms with E-state index in [1.54, 1.807) is 0 Å². The molecule has 2 unspecified atom stereocenters. The number of allylic oxidation sites excluding steroid dienone is 4. The van der Waals surface area contributed by atoms with E-state index in [1.807, 2.05) is 28.1 Å². The van der Waals surface area contributed by atoms with Gasteiger partial charge in [0.1, 0.15) is 18.8 Å². The molecule has 0 amide bonds. The van der Waals surface area contributed by atoms with E-state index >= 15 is 0 Å². The summed E-state index contributed by atoms with van der Waals surface area (Å²) >= 11 is 0. The molecule has 10 heteroatoms. The summed E-state index contributed by atoms with van der Waals surface area (Å²) in [6, 6.07) is 0. The third-order valence-electron chi connectivity index (χ3n) is 10.6. The Bertz CT molecular complexity index is 1020. The van der Waals surface area contributed by atoms with E-state index in [9.17, 15) is 29.3 Å². The van der Waals surface area contributed by atoms with Gasteiger partial charge in [-0.2, -0.15) is 0 Å². The maximum absolute atomic E-state index is 13.9. The van der Waals surface area contributed by atoms with Crippen LogP contribution in [0.3, 0.4) is 0 Å². The van der Waals surface area contributed by atoms with Gasteiger partial charge in [-0.05, 0) is 70.6 Å². The largest absolute Gasteiger partial charge is 0.474 e. The van der Waals surface area contributed by atoms with Crippen molar-refractivity contribution < 1.29 is 42.8 Å². The highest BCUT2D eigenvalue weighted by Gasteiger charge is 2.56. The molecule has 3 N–H and O–H groups in total. The predicted octanol–water partition coefficient (Wildman–Crippen LogP) is 11.9. The van der Waals surface area contributed by atoms with E-state index in [2.05, 4.69) is 38.2 Å². The van der Waals surface area contributed by atoms with Crippen LogP contribution < -0.4 is 0 Å². The van der Waals surface area contributed by atoms with Crippen LogP contribution in [0.4, 0.5) is 0 Å². The van der Waals surface area contributed by atoms with E-state index in [-0.39, 0.29) is 12.8 Å². The molecular formula is C46H89NO8P+. The van der Waals surface area contributed by atoms with Crippen LogP contribution in [-0.4, -0.2) is 83.3 Å². The summed E-state index contributed by atoms with van der Waals surface area (Å²) in [6.45, 7) is 5.69. The minimum atomic E-state index is -5.03. The Morgan fingerprint density at radius 2 is 0.946 bits per heavy atom. The van der Waals surface area contributed by atoms with Gasteiger partial charge in [-0.25, -0.2) is 4.57 Å². The van der Waals surface area contributed by atoms with Gasteiger partial charge in [-0.15, -0.1) is 0 Å². The zero-order valence-electron chi connectivity index (χ0n) is 37.2. The summed E-state index contributed by atoms with van der Waals surface area (Å²) in [5.74, 6) is -1.57. The van der Waals surface area contributed by atoms with Crippen LogP contribution in [0.25, 0.3) is 0 Å². The molecule has 0 bridgehead atoms. The fraction of sp³-hybridized carbons (Fsp3) is 0.870. The molecule has 9 nitrogen and oxygen atoms in total. The summed E-state index contributed by atoms with van der Waals surface area (Å²) in [5, 5.41) is 21.2. The number of likely N-dealkylation sites (N-methyl/N-ethyl adjacent to an activating group) is 1. The molecule has 0 saturated carbocycles. The summed E-state index contributed by atoms with van der Waals surface area (Å²) in [5.41, 5.74) is -2.69. The lowest BCUT2D eigenvalue weighted by molar-refractivity contribution is -0.873. The van der Waals surface area contributed by atoms with Crippen molar-refractivity contribution >= 4 is 19.4 Å². The van der Waals surface area contributed by atoms with E-state index in [1.165, 1.54) is 77.0 Å². The minimum absolute atomic E-state index is 0.122. The van der Waals surface area contributed by atoms with E-state index in [0.29, 0.717) is 30.3 Å². The smallest absolute Gasteiger partial charge is 0.394 e. The molecule has 0 heterocycles. The minimum Gasteiger partial charge on any atom is -0.394 e. The number of rotatable bonds is 41. The van der Waals surface area contributed by atoms with Crippen LogP contribution >= 0.6 is 7.82 Å². The Hall–Kier alpha value is -1.19. The lowest BCUT2D eigenvalue weighted by Crippen LogP contribution is -2.58. The number of aliphatic hydroxyl groups is 2. The van der Waals surface area contributed by atoms with Gasteiger partial charge >= 0.3 is 7.82 Å². The van der Waals surface area contributed by atoms with E-state index < -0.39 is 43.8 Å². The third-order valence-corrected chi connectivity index (χ3v) is 11.6. The Balaban J connectivity index is 5.23. The van der Waals surface area contributed by atoms with Gasteiger partial charge in [-0.1, -0.05) is 148 Å². The standard InChI is InChI=1S/C46H88NO8P/c1-7-10-12-14-16-18-20-22-24-26-28-30-32-34-36-38-43(49)46(45(51)41-48,55-56(52,53)54-42(9-3)40-47(4,5)6)44(50)39-37-35-33-31-29-27-25-23-21-19-17-15-13-11-8-2/h22-25,42,45,48,51H,7-21,26-41H2,1-6H3/p+1/b24-22-,25-23-/t42?,45-/m0/s1. The lowest BCUT2D eigenvalue weighted by Gasteiger charge is -2.36. The first kappa shape index (κ1) is 54.8. The van der Waals surface area contributed by atoms with Crippen LogP contribution in [0.1, 0.15) is 207 Å². The molecule has 0 radical (unpaired) electrons. The van der Waals surface area contributed by atoms with Crippen molar-refractivity contribution in [3.8, 4) is 0 Å². The summed E-state index contributed by atoms with van der Waals surface area (Å²) in [7, 11) is 0.729. The van der Waals surface area contributed by atoms with Gasteiger partial charge in [0.05, 0.1) is 27.7 Å². The van der Waals surface area contributed by atoms with Crippen molar-refractivity contribution in [3.63, 3.8) is 0 Å². The van der Waals surface area contributed by atoms with Gasteiger partial charge in [0.25, 0.3) is 0 Å². The topological polar surface area (TPSA) is 130 Å². The van der Waals surface area contributed by atoms with Gasteiger partial charge < -0.3 is 19.6 Å². The summed E-state index contributed by atoms with van der Waals surface area (Å²) in [6.07, 6.45) is 34.8. The molecule has 0 spiro atoms. The fourth-order valence-electron chi connectivity index (χ4n) is 7.14. The highest BCUT2D eigenvalue weighted by atomic mass is 31.2. The van der Waals surface area contributed by atoms with Crippen LogP contribution in [0.2, 0.25) is 0 Å². The number of Topliss-reactive ketones (excluding diaryl/α,β-unsaturated/α-hetero) is 2. The normalized spacial score (nSPS) is 14.8. The van der Waals surface area contributed by atoms with Gasteiger partial charge in [-0.3, -0.25) is 18.6 Å². The molecule has 0 rings (SSSR count). The predicted molar refractivity (Wildman–Crippen MR) is 234 cm³/mol. The number of quaternary nitrogens is 1. The number of ketones is 2.